The van der Waals surface area contributed by atoms with Crippen LogP contribution in [0.25, 0.3) is 10.9 Å². The summed E-state index contributed by atoms with van der Waals surface area (Å²) in [5.41, 5.74) is 3.02. The average Bonchev–Trinajstić information content (AvgIpc) is 3.37. The van der Waals surface area contributed by atoms with E-state index in [-0.39, 0.29) is 19.8 Å². The second kappa shape index (κ2) is 10.2. The van der Waals surface area contributed by atoms with Gasteiger partial charge in [0.25, 0.3) is 0 Å². The zero-order valence-electron chi connectivity index (χ0n) is 22.0. The van der Waals surface area contributed by atoms with Crippen LogP contribution in [0.4, 0.5) is 10.5 Å². The Bertz CT molecular complexity index is 1340. The highest BCUT2D eigenvalue weighted by Gasteiger charge is 2.40. The minimum absolute atomic E-state index is 0.0335. The van der Waals surface area contributed by atoms with Crippen molar-refractivity contribution in [2.45, 2.75) is 52.7 Å². The van der Waals surface area contributed by atoms with Crippen molar-refractivity contribution in [1.82, 2.24) is 4.98 Å². The normalized spacial score (nSPS) is 14.9. The molecule has 0 radical (unpaired) electrons. The highest BCUT2D eigenvalue weighted by molar-refractivity contribution is 6.12. The molecule has 1 aliphatic heterocycles. The average molecular weight is 509 g/mol. The summed E-state index contributed by atoms with van der Waals surface area (Å²) in [6, 6.07) is 11.5. The Balaban J connectivity index is 1.91. The van der Waals surface area contributed by atoms with Gasteiger partial charge in [0.2, 0.25) is 0 Å². The van der Waals surface area contributed by atoms with E-state index in [1.807, 2.05) is 30.3 Å². The summed E-state index contributed by atoms with van der Waals surface area (Å²) in [6.07, 6.45) is -0.542. The standard InChI is InChI=1S/C28H32N2O7/c1-16-22(26(32)34-6)24-23-19(15-35-17(2)31)13-30(27(33)37-28(3,4)5)20(23)12-21(25(24)29-16)36-14-18-10-8-7-9-11-18/h7-12,19,29H,13-15H2,1-6H3. The van der Waals surface area contributed by atoms with E-state index in [1.165, 1.54) is 18.9 Å². The summed E-state index contributed by atoms with van der Waals surface area (Å²) in [6.45, 7) is 9.01. The quantitative estimate of drug-likeness (QED) is 0.358. The first kappa shape index (κ1) is 26.1. The molecule has 1 aliphatic rings. The number of H-pyrrole nitrogens is 1. The van der Waals surface area contributed by atoms with E-state index >= 15 is 0 Å². The highest BCUT2D eigenvalue weighted by Crippen LogP contribution is 2.47. The van der Waals surface area contributed by atoms with Crippen LogP contribution >= 0.6 is 0 Å². The topological polar surface area (TPSA) is 107 Å². The Morgan fingerprint density at radius 1 is 1.14 bits per heavy atom. The molecular formula is C28H32N2O7. The summed E-state index contributed by atoms with van der Waals surface area (Å²) in [5, 5.41) is 0.577. The van der Waals surface area contributed by atoms with Crippen LogP contribution in [0, 0.1) is 6.92 Å². The van der Waals surface area contributed by atoms with Crippen molar-refractivity contribution < 1.29 is 33.3 Å². The second-order valence-electron chi connectivity index (χ2n) is 10.0. The van der Waals surface area contributed by atoms with Crippen molar-refractivity contribution in [3.8, 4) is 5.75 Å². The van der Waals surface area contributed by atoms with Crippen LogP contribution < -0.4 is 9.64 Å². The van der Waals surface area contributed by atoms with Gasteiger partial charge < -0.3 is 23.9 Å². The van der Waals surface area contributed by atoms with E-state index in [0.29, 0.717) is 39.2 Å². The van der Waals surface area contributed by atoms with Gasteiger partial charge in [-0.2, -0.15) is 0 Å². The number of fused-ring (bicyclic) bond motifs is 3. The smallest absolute Gasteiger partial charge is 0.414 e. The number of benzene rings is 2. The molecule has 2 heterocycles. The van der Waals surface area contributed by atoms with Crippen LogP contribution in [-0.2, 0) is 25.6 Å². The molecule has 0 bridgehead atoms. The number of aryl methyl sites for hydroxylation is 1. The maximum absolute atomic E-state index is 13.3. The molecule has 1 amide bonds. The fourth-order valence-corrected chi connectivity index (χ4v) is 4.58. The number of amides is 1. The molecule has 0 spiro atoms. The fraction of sp³-hybridized carbons (Fsp3) is 0.393. The molecule has 9 heteroatoms. The van der Waals surface area contributed by atoms with Gasteiger partial charge in [-0.25, -0.2) is 9.59 Å². The van der Waals surface area contributed by atoms with E-state index in [9.17, 15) is 14.4 Å². The summed E-state index contributed by atoms with van der Waals surface area (Å²) < 4.78 is 22.4. The molecule has 0 saturated carbocycles. The second-order valence-corrected chi connectivity index (χ2v) is 10.0. The van der Waals surface area contributed by atoms with Crippen LogP contribution in [0.2, 0.25) is 0 Å². The number of rotatable bonds is 6. The van der Waals surface area contributed by atoms with Crippen LogP contribution in [0.3, 0.4) is 0 Å². The molecule has 2 aromatic carbocycles. The molecule has 9 nitrogen and oxygen atoms in total. The zero-order valence-corrected chi connectivity index (χ0v) is 22.0. The lowest BCUT2D eigenvalue weighted by molar-refractivity contribution is -0.141. The summed E-state index contributed by atoms with van der Waals surface area (Å²) in [7, 11) is 1.32. The van der Waals surface area contributed by atoms with Crippen molar-refractivity contribution >= 4 is 34.6 Å². The summed E-state index contributed by atoms with van der Waals surface area (Å²) in [4.78, 5) is 42.6. The Kier molecular flexibility index (Phi) is 7.16. The van der Waals surface area contributed by atoms with Gasteiger partial charge in [-0.05, 0) is 38.8 Å². The first-order chi connectivity index (χ1) is 17.5. The van der Waals surface area contributed by atoms with Gasteiger partial charge in [-0.1, -0.05) is 30.3 Å². The minimum Gasteiger partial charge on any atom is -0.487 e. The van der Waals surface area contributed by atoms with E-state index in [1.54, 1.807) is 33.8 Å². The lowest BCUT2D eigenvalue weighted by Crippen LogP contribution is -2.36. The van der Waals surface area contributed by atoms with Crippen molar-refractivity contribution in [2.24, 2.45) is 0 Å². The molecule has 0 saturated heterocycles. The van der Waals surface area contributed by atoms with E-state index in [4.69, 9.17) is 18.9 Å². The van der Waals surface area contributed by atoms with Gasteiger partial charge in [-0.15, -0.1) is 0 Å². The number of aromatic nitrogens is 1. The SMILES string of the molecule is COC(=O)c1c(C)[nH]c2c(OCc3ccccc3)cc3c(c12)C(COC(C)=O)CN3C(=O)OC(C)(C)C. The van der Waals surface area contributed by atoms with Crippen molar-refractivity contribution in [3.05, 3.63) is 58.8 Å². The van der Waals surface area contributed by atoms with Crippen LogP contribution in [-0.4, -0.2) is 48.9 Å². The molecule has 1 aromatic heterocycles. The maximum Gasteiger partial charge on any atom is 0.414 e. The molecule has 1 atom stereocenters. The van der Waals surface area contributed by atoms with Crippen molar-refractivity contribution in [2.75, 3.05) is 25.2 Å². The number of ether oxygens (including phenoxy) is 4. The van der Waals surface area contributed by atoms with Crippen LogP contribution in [0.15, 0.2) is 36.4 Å². The fourth-order valence-electron chi connectivity index (χ4n) is 4.58. The first-order valence-corrected chi connectivity index (χ1v) is 12.1. The third-order valence-electron chi connectivity index (χ3n) is 6.08. The Hall–Kier alpha value is -4.01. The summed E-state index contributed by atoms with van der Waals surface area (Å²) >= 11 is 0. The Labute approximate surface area is 215 Å². The molecular weight excluding hydrogens is 476 g/mol. The zero-order chi connectivity index (χ0) is 26.9. The Morgan fingerprint density at radius 3 is 2.46 bits per heavy atom. The van der Waals surface area contributed by atoms with Gasteiger partial charge >= 0.3 is 18.0 Å². The molecule has 1 unspecified atom stereocenters. The molecule has 1 N–H and O–H groups in total. The molecule has 0 aliphatic carbocycles. The number of esters is 2. The number of hydrogen-bond acceptors (Lipinski definition) is 7. The van der Waals surface area contributed by atoms with Crippen molar-refractivity contribution in [1.29, 1.82) is 0 Å². The maximum atomic E-state index is 13.3. The number of carbonyl (C=O) groups excluding carboxylic acids is 3. The van der Waals surface area contributed by atoms with Crippen LogP contribution in [0.1, 0.15) is 60.8 Å². The van der Waals surface area contributed by atoms with Gasteiger partial charge in [0, 0.05) is 36.5 Å². The largest absolute Gasteiger partial charge is 0.487 e. The number of aromatic amines is 1. The minimum atomic E-state index is -0.718. The monoisotopic (exact) mass is 508 g/mol. The highest BCUT2D eigenvalue weighted by atomic mass is 16.6. The van der Waals surface area contributed by atoms with Crippen molar-refractivity contribution in [3.63, 3.8) is 0 Å². The summed E-state index contributed by atoms with van der Waals surface area (Å²) in [5.74, 6) is -0.879. The Morgan fingerprint density at radius 2 is 1.84 bits per heavy atom. The predicted molar refractivity (Wildman–Crippen MR) is 138 cm³/mol. The number of carbonyl (C=O) groups is 3. The first-order valence-electron chi connectivity index (χ1n) is 12.1. The number of anilines is 1. The lowest BCUT2D eigenvalue weighted by Gasteiger charge is -2.25. The van der Waals surface area contributed by atoms with Crippen LogP contribution in [0.5, 0.6) is 5.75 Å². The lowest BCUT2D eigenvalue weighted by atomic mass is 9.95. The predicted octanol–water partition coefficient (Wildman–Crippen LogP) is 5.24. The molecule has 196 valence electrons. The number of methoxy groups -OCH3 is 1. The number of nitrogens with zero attached hydrogens (tertiary/aromatic N) is 1. The molecule has 37 heavy (non-hydrogen) atoms. The third kappa shape index (κ3) is 5.40. The molecule has 0 fully saturated rings. The van der Waals surface area contributed by atoms with Gasteiger partial charge in [-0.3, -0.25) is 9.69 Å². The number of hydrogen-bond donors (Lipinski definition) is 1. The van der Waals surface area contributed by atoms with E-state index in [2.05, 4.69) is 4.98 Å². The number of nitrogens with one attached hydrogen (secondary N) is 1. The molecule has 4 rings (SSSR count). The van der Waals surface area contributed by atoms with E-state index in [0.717, 1.165) is 5.56 Å². The van der Waals surface area contributed by atoms with Gasteiger partial charge in [0.15, 0.2) is 0 Å². The third-order valence-corrected chi connectivity index (χ3v) is 6.08. The molecule has 3 aromatic rings. The van der Waals surface area contributed by atoms with Gasteiger partial charge in [0.05, 0.1) is 30.5 Å². The van der Waals surface area contributed by atoms with E-state index < -0.39 is 29.6 Å². The van der Waals surface area contributed by atoms with Gasteiger partial charge in [0.1, 0.15) is 18.0 Å².